The number of carbonyl (C=O) groups excluding carboxylic acids is 1. The molecule has 0 unspecified atom stereocenters. The molecular weight excluding hydrogens is 308 g/mol. The first-order valence-corrected chi connectivity index (χ1v) is 8.17. The molecule has 0 saturated carbocycles. The molecule has 0 spiro atoms. The third-order valence-corrected chi connectivity index (χ3v) is 4.67. The molecule has 4 heterocycles. The molecule has 8 heteroatoms. The first-order valence-electron chi connectivity index (χ1n) is 8.17. The Bertz CT molecular complexity index is 718. The van der Waals surface area contributed by atoms with E-state index >= 15 is 0 Å². The highest BCUT2D eigenvalue weighted by atomic mass is 16.5. The van der Waals surface area contributed by atoms with Gasteiger partial charge in [-0.15, -0.1) is 0 Å². The van der Waals surface area contributed by atoms with Crippen molar-refractivity contribution in [3.05, 3.63) is 36.7 Å². The topological polar surface area (TPSA) is 85.2 Å². The van der Waals surface area contributed by atoms with Gasteiger partial charge in [0.05, 0.1) is 18.2 Å². The molecule has 0 aliphatic carbocycles. The number of carbonyl (C=O) groups is 1. The molecule has 2 aliphatic heterocycles. The highest BCUT2D eigenvalue weighted by molar-refractivity contribution is 5.91. The van der Waals surface area contributed by atoms with Crippen LogP contribution >= 0.6 is 0 Å². The number of aromatic nitrogens is 4. The third-order valence-electron chi connectivity index (χ3n) is 4.67. The van der Waals surface area contributed by atoms with Crippen LogP contribution in [0.1, 0.15) is 23.5 Å². The lowest BCUT2D eigenvalue weighted by atomic mass is 10.0. The average Bonchev–Trinajstić information content (AvgIpc) is 3.20. The zero-order chi connectivity index (χ0) is 16.5. The van der Waals surface area contributed by atoms with Gasteiger partial charge in [-0.1, -0.05) is 0 Å². The fourth-order valence-electron chi connectivity index (χ4n) is 3.57. The second-order valence-electron chi connectivity index (χ2n) is 6.19. The van der Waals surface area contributed by atoms with Gasteiger partial charge in [0, 0.05) is 45.0 Å². The maximum atomic E-state index is 12.5. The molecule has 2 aromatic rings. The monoisotopic (exact) mass is 328 g/mol. The molecule has 2 aromatic heterocycles. The van der Waals surface area contributed by atoms with E-state index in [1.807, 2.05) is 0 Å². The van der Waals surface area contributed by atoms with E-state index in [0.717, 1.165) is 19.4 Å². The number of aryl methyl sites for hydroxylation is 1. The Balaban J connectivity index is 1.55. The molecule has 0 bridgehead atoms. The summed E-state index contributed by atoms with van der Waals surface area (Å²) >= 11 is 0. The Hall–Kier alpha value is -2.48. The number of imidazole rings is 1. The summed E-state index contributed by atoms with van der Waals surface area (Å²) in [5, 5.41) is 3.08. The number of hydrogen-bond acceptors (Lipinski definition) is 6. The summed E-state index contributed by atoms with van der Waals surface area (Å²) < 4.78 is 7.69. The molecule has 0 radical (unpaired) electrons. The van der Waals surface area contributed by atoms with Crippen LogP contribution in [0.5, 0.6) is 0 Å². The van der Waals surface area contributed by atoms with Crippen LogP contribution in [0, 0.1) is 0 Å². The minimum absolute atomic E-state index is 0.0493. The summed E-state index contributed by atoms with van der Waals surface area (Å²) in [5.74, 6) is 0.903. The predicted octanol–water partition coefficient (Wildman–Crippen LogP) is 0.376. The van der Waals surface area contributed by atoms with E-state index in [0.29, 0.717) is 18.3 Å². The average molecular weight is 328 g/mol. The van der Waals surface area contributed by atoms with E-state index in [9.17, 15) is 4.79 Å². The summed E-state index contributed by atoms with van der Waals surface area (Å²) in [6, 6.07) is 1.88. The molecule has 3 atom stereocenters. The lowest BCUT2D eigenvalue weighted by Crippen LogP contribution is -2.48. The maximum absolute atomic E-state index is 12.5. The molecule has 24 heavy (non-hydrogen) atoms. The number of ether oxygens (including phenoxy) is 1. The molecule has 0 aromatic carbocycles. The van der Waals surface area contributed by atoms with Gasteiger partial charge in [-0.25, -0.2) is 15.0 Å². The van der Waals surface area contributed by atoms with Crippen molar-refractivity contribution >= 4 is 11.9 Å². The lowest BCUT2D eigenvalue weighted by Gasteiger charge is -2.32. The van der Waals surface area contributed by atoms with Crippen molar-refractivity contribution in [2.45, 2.75) is 31.0 Å². The SMILES string of the molecule is Cn1ccnc1C(=O)N[C@H]1CN(c2ncccn2)[C@H]2CCCO[C@@H]12. The third kappa shape index (κ3) is 2.62. The first kappa shape index (κ1) is 15.1. The Morgan fingerprint density at radius 3 is 2.88 bits per heavy atom. The Morgan fingerprint density at radius 1 is 1.29 bits per heavy atom. The number of anilines is 1. The van der Waals surface area contributed by atoms with Crippen molar-refractivity contribution in [2.75, 3.05) is 18.1 Å². The summed E-state index contributed by atoms with van der Waals surface area (Å²) in [6.07, 6.45) is 8.82. The van der Waals surface area contributed by atoms with Crippen molar-refractivity contribution in [2.24, 2.45) is 7.05 Å². The van der Waals surface area contributed by atoms with Gasteiger partial charge in [0.15, 0.2) is 5.82 Å². The molecule has 1 N–H and O–H groups in total. The summed E-state index contributed by atoms with van der Waals surface area (Å²) in [5.41, 5.74) is 0. The standard InChI is InChI=1S/C16H20N6O2/c1-21-8-7-17-14(21)15(23)20-11-10-22(16-18-5-3-6-19-16)12-4-2-9-24-13(11)12/h3,5-8,11-13H,2,4,9-10H2,1H3,(H,20,23)/t11-,12-,13-/m0/s1. The quantitative estimate of drug-likeness (QED) is 0.876. The highest BCUT2D eigenvalue weighted by Gasteiger charge is 2.45. The second kappa shape index (κ2) is 6.20. The van der Waals surface area contributed by atoms with Gasteiger partial charge in [0.2, 0.25) is 5.95 Å². The number of nitrogens with one attached hydrogen (secondary N) is 1. The molecular formula is C16H20N6O2. The van der Waals surface area contributed by atoms with Crippen molar-refractivity contribution in [1.82, 2.24) is 24.8 Å². The van der Waals surface area contributed by atoms with Crippen LogP contribution in [0.15, 0.2) is 30.9 Å². The molecule has 4 rings (SSSR count). The second-order valence-corrected chi connectivity index (χ2v) is 6.19. The van der Waals surface area contributed by atoms with Crippen LogP contribution in [0.25, 0.3) is 0 Å². The van der Waals surface area contributed by atoms with Crippen LogP contribution in [0.4, 0.5) is 5.95 Å². The number of amides is 1. The number of fused-ring (bicyclic) bond motifs is 1. The summed E-state index contributed by atoms with van der Waals surface area (Å²) in [6.45, 7) is 1.36. The van der Waals surface area contributed by atoms with Crippen molar-refractivity contribution in [3.63, 3.8) is 0 Å². The van der Waals surface area contributed by atoms with Gasteiger partial charge in [0.1, 0.15) is 0 Å². The Kier molecular flexibility index (Phi) is 3.89. The zero-order valence-electron chi connectivity index (χ0n) is 13.5. The summed E-state index contributed by atoms with van der Waals surface area (Å²) in [7, 11) is 1.81. The van der Waals surface area contributed by atoms with E-state index in [-0.39, 0.29) is 24.1 Å². The minimum Gasteiger partial charge on any atom is -0.374 e. The largest absolute Gasteiger partial charge is 0.374 e. The van der Waals surface area contributed by atoms with E-state index in [1.54, 1.807) is 42.5 Å². The minimum atomic E-state index is -0.184. The van der Waals surface area contributed by atoms with E-state index < -0.39 is 0 Å². The number of nitrogens with zero attached hydrogens (tertiary/aromatic N) is 5. The number of hydrogen-bond donors (Lipinski definition) is 1. The van der Waals surface area contributed by atoms with Crippen LogP contribution < -0.4 is 10.2 Å². The van der Waals surface area contributed by atoms with E-state index in [2.05, 4.69) is 25.2 Å². The molecule has 126 valence electrons. The van der Waals surface area contributed by atoms with Gasteiger partial charge in [-0.05, 0) is 18.9 Å². The van der Waals surface area contributed by atoms with Crippen molar-refractivity contribution < 1.29 is 9.53 Å². The van der Waals surface area contributed by atoms with E-state index in [4.69, 9.17) is 4.74 Å². The zero-order valence-corrected chi connectivity index (χ0v) is 13.5. The smallest absolute Gasteiger partial charge is 0.287 e. The van der Waals surface area contributed by atoms with E-state index in [1.165, 1.54) is 0 Å². The Labute approximate surface area is 139 Å². The molecule has 8 nitrogen and oxygen atoms in total. The maximum Gasteiger partial charge on any atom is 0.287 e. The van der Waals surface area contributed by atoms with Gasteiger partial charge < -0.3 is 19.5 Å². The first-order chi connectivity index (χ1) is 11.7. The van der Waals surface area contributed by atoms with Crippen LogP contribution in [-0.4, -0.2) is 56.8 Å². The normalized spacial score (nSPS) is 26.2. The van der Waals surface area contributed by atoms with Crippen LogP contribution in [0.3, 0.4) is 0 Å². The van der Waals surface area contributed by atoms with Crippen LogP contribution in [0.2, 0.25) is 0 Å². The highest BCUT2D eigenvalue weighted by Crippen LogP contribution is 2.31. The molecule has 2 saturated heterocycles. The molecule has 1 amide bonds. The lowest BCUT2D eigenvalue weighted by molar-refractivity contribution is 0.000531. The van der Waals surface area contributed by atoms with Crippen molar-refractivity contribution in [3.8, 4) is 0 Å². The fraction of sp³-hybridized carbons (Fsp3) is 0.500. The summed E-state index contributed by atoms with van der Waals surface area (Å²) in [4.78, 5) is 27.5. The Morgan fingerprint density at radius 2 is 2.12 bits per heavy atom. The van der Waals surface area contributed by atoms with Gasteiger partial charge in [0.25, 0.3) is 5.91 Å². The van der Waals surface area contributed by atoms with Gasteiger partial charge >= 0.3 is 0 Å². The predicted molar refractivity (Wildman–Crippen MR) is 86.6 cm³/mol. The van der Waals surface area contributed by atoms with Crippen LogP contribution in [-0.2, 0) is 11.8 Å². The van der Waals surface area contributed by atoms with Gasteiger partial charge in [-0.3, -0.25) is 4.79 Å². The van der Waals surface area contributed by atoms with Gasteiger partial charge in [-0.2, -0.15) is 0 Å². The molecule has 2 fully saturated rings. The number of rotatable bonds is 3. The molecule has 2 aliphatic rings. The van der Waals surface area contributed by atoms with Crippen molar-refractivity contribution in [1.29, 1.82) is 0 Å². The fourth-order valence-corrected chi connectivity index (χ4v) is 3.57.